The molecule has 162 valence electrons. The van der Waals surface area contributed by atoms with Crippen molar-refractivity contribution in [2.24, 2.45) is 0 Å². The van der Waals surface area contributed by atoms with Crippen LogP contribution in [-0.4, -0.2) is 27.0 Å². The summed E-state index contributed by atoms with van der Waals surface area (Å²) in [7, 11) is -3.64. The highest BCUT2D eigenvalue weighted by Crippen LogP contribution is 2.28. The highest BCUT2D eigenvalue weighted by molar-refractivity contribution is 7.89. The number of hydrogen-bond acceptors (Lipinski definition) is 4. The van der Waals surface area contributed by atoms with E-state index in [2.05, 4.69) is 10.0 Å². The molecule has 0 unspecified atom stereocenters. The third kappa shape index (κ3) is 6.11. The van der Waals surface area contributed by atoms with Crippen molar-refractivity contribution in [2.45, 2.75) is 49.6 Å². The highest BCUT2D eigenvalue weighted by atomic mass is 35.5. The summed E-state index contributed by atoms with van der Waals surface area (Å²) in [5.74, 6) is -0.0844. The molecule has 6 nitrogen and oxygen atoms in total. The maximum atomic E-state index is 12.5. The van der Waals surface area contributed by atoms with Gasteiger partial charge < -0.3 is 10.1 Å². The van der Waals surface area contributed by atoms with Crippen molar-refractivity contribution in [3.05, 3.63) is 58.1 Å². The van der Waals surface area contributed by atoms with Crippen LogP contribution in [0.15, 0.2) is 47.4 Å². The first-order valence-corrected chi connectivity index (χ1v) is 12.0. The van der Waals surface area contributed by atoms with Crippen LogP contribution in [0.1, 0.15) is 44.2 Å². The number of rotatable bonds is 8. The zero-order valence-electron chi connectivity index (χ0n) is 16.5. The monoisotopic (exact) mass is 470 g/mol. The topological polar surface area (TPSA) is 84.5 Å². The first kappa shape index (κ1) is 22.9. The Labute approximate surface area is 187 Å². The van der Waals surface area contributed by atoms with Crippen molar-refractivity contribution in [2.75, 3.05) is 6.61 Å². The first-order chi connectivity index (χ1) is 14.2. The van der Waals surface area contributed by atoms with Gasteiger partial charge in [-0.25, -0.2) is 13.1 Å². The summed E-state index contributed by atoms with van der Waals surface area (Å²) in [5.41, 5.74) is 0.912. The molecule has 0 heterocycles. The molecule has 0 radical (unpaired) electrons. The van der Waals surface area contributed by atoms with Gasteiger partial charge in [0.1, 0.15) is 5.75 Å². The second-order valence-electron chi connectivity index (χ2n) is 7.32. The van der Waals surface area contributed by atoms with E-state index in [9.17, 15) is 13.2 Å². The quantitative estimate of drug-likeness (QED) is 0.595. The molecule has 3 rings (SSSR count). The number of nitrogens with one attached hydrogen (secondary N) is 2. The molecular formula is C21H24Cl2N2O4S. The zero-order chi connectivity index (χ0) is 21.7. The molecule has 1 fully saturated rings. The number of halogens is 2. The number of benzene rings is 2. The van der Waals surface area contributed by atoms with Gasteiger partial charge in [-0.1, -0.05) is 48.2 Å². The van der Waals surface area contributed by atoms with Crippen molar-refractivity contribution in [3.8, 4) is 5.75 Å². The number of amides is 1. The molecule has 2 N–H and O–H groups in total. The van der Waals surface area contributed by atoms with Gasteiger partial charge in [0, 0.05) is 11.1 Å². The Morgan fingerprint density at radius 2 is 1.80 bits per heavy atom. The van der Waals surface area contributed by atoms with Gasteiger partial charge in [0.15, 0.2) is 6.61 Å². The Balaban J connectivity index is 1.56. The van der Waals surface area contributed by atoms with Crippen LogP contribution in [0.2, 0.25) is 10.0 Å². The minimum absolute atomic E-state index is 0.0315. The van der Waals surface area contributed by atoms with Crippen molar-refractivity contribution >= 4 is 39.1 Å². The van der Waals surface area contributed by atoms with Gasteiger partial charge >= 0.3 is 0 Å². The largest absolute Gasteiger partial charge is 0.482 e. The van der Waals surface area contributed by atoms with Gasteiger partial charge in [-0.05, 0) is 55.7 Å². The number of sulfonamides is 1. The summed E-state index contributed by atoms with van der Waals surface area (Å²) in [6.45, 7) is 1.61. The molecule has 0 bridgehead atoms. The zero-order valence-corrected chi connectivity index (χ0v) is 18.9. The second kappa shape index (κ2) is 10.0. The summed E-state index contributed by atoms with van der Waals surface area (Å²) >= 11 is 12.1. The average Bonchev–Trinajstić information content (AvgIpc) is 3.19. The molecule has 0 aromatic heterocycles. The summed E-state index contributed by atoms with van der Waals surface area (Å²) in [4.78, 5) is 12.3. The van der Waals surface area contributed by atoms with Crippen LogP contribution < -0.4 is 14.8 Å². The summed E-state index contributed by atoms with van der Waals surface area (Å²) in [5, 5.41) is 3.58. The van der Waals surface area contributed by atoms with E-state index in [0.717, 1.165) is 31.2 Å². The smallest absolute Gasteiger partial charge is 0.258 e. The molecule has 2 aromatic rings. The van der Waals surface area contributed by atoms with E-state index in [1.807, 2.05) is 19.1 Å². The van der Waals surface area contributed by atoms with Crippen LogP contribution >= 0.6 is 23.2 Å². The lowest BCUT2D eigenvalue weighted by atomic mass is 10.1. The highest BCUT2D eigenvalue weighted by Gasteiger charge is 2.23. The Kier molecular flexibility index (Phi) is 7.63. The number of carbonyl (C=O) groups is 1. The van der Waals surface area contributed by atoms with E-state index >= 15 is 0 Å². The van der Waals surface area contributed by atoms with Gasteiger partial charge in [0.25, 0.3) is 5.91 Å². The normalized spacial score (nSPS) is 15.7. The first-order valence-electron chi connectivity index (χ1n) is 9.74. The SMILES string of the molecule is C[C@H](NC(=O)COc1ccc(S(=O)(=O)NC2CCCC2)cc1Cl)c1ccc(Cl)cc1. The minimum atomic E-state index is -3.64. The average molecular weight is 471 g/mol. The Morgan fingerprint density at radius 3 is 2.43 bits per heavy atom. The molecule has 0 aliphatic heterocycles. The summed E-state index contributed by atoms with van der Waals surface area (Å²) in [6.07, 6.45) is 3.74. The molecule has 1 amide bonds. The van der Waals surface area contributed by atoms with Gasteiger partial charge in [-0.15, -0.1) is 0 Å². The fourth-order valence-corrected chi connectivity index (χ4v) is 5.11. The molecule has 0 spiro atoms. The maximum absolute atomic E-state index is 12.5. The standard InChI is InChI=1S/C21H24Cl2N2O4S/c1-14(15-6-8-16(22)9-7-15)24-21(26)13-29-20-11-10-18(12-19(20)23)30(27,28)25-17-4-2-3-5-17/h6-12,14,17,25H,2-5,13H2,1H3,(H,24,26)/t14-/m0/s1. The number of carbonyl (C=O) groups excluding carboxylic acids is 1. The number of hydrogen-bond donors (Lipinski definition) is 2. The van der Waals surface area contributed by atoms with Crippen molar-refractivity contribution in [3.63, 3.8) is 0 Å². The third-order valence-corrected chi connectivity index (χ3v) is 7.06. The van der Waals surface area contributed by atoms with E-state index < -0.39 is 10.0 Å². The molecule has 1 aliphatic carbocycles. The van der Waals surface area contributed by atoms with E-state index in [0.29, 0.717) is 5.02 Å². The predicted molar refractivity (Wildman–Crippen MR) is 118 cm³/mol. The number of ether oxygens (including phenoxy) is 1. The molecule has 0 saturated heterocycles. The van der Waals surface area contributed by atoms with Crippen molar-refractivity contribution in [1.82, 2.24) is 10.0 Å². The molecule has 1 saturated carbocycles. The predicted octanol–water partition coefficient (Wildman–Crippen LogP) is 4.47. The molecule has 2 aromatic carbocycles. The third-order valence-electron chi connectivity index (χ3n) is 5.00. The van der Waals surface area contributed by atoms with Crippen LogP contribution in [0.3, 0.4) is 0 Å². The molecule has 1 aliphatic rings. The summed E-state index contributed by atoms with van der Waals surface area (Å²) in [6, 6.07) is 11.2. The maximum Gasteiger partial charge on any atom is 0.258 e. The lowest BCUT2D eigenvalue weighted by Gasteiger charge is -2.16. The van der Waals surface area contributed by atoms with Crippen molar-refractivity contribution in [1.29, 1.82) is 0 Å². The fourth-order valence-electron chi connectivity index (χ4n) is 3.36. The molecule has 1 atom stereocenters. The van der Waals surface area contributed by atoms with E-state index in [1.54, 1.807) is 12.1 Å². The van der Waals surface area contributed by atoms with Crippen LogP contribution in [0.4, 0.5) is 0 Å². The van der Waals surface area contributed by atoms with Gasteiger partial charge in [0.2, 0.25) is 10.0 Å². The van der Waals surface area contributed by atoms with Crippen LogP contribution in [0.5, 0.6) is 5.75 Å². The lowest BCUT2D eigenvalue weighted by Crippen LogP contribution is -2.32. The van der Waals surface area contributed by atoms with Crippen molar-refractivity contribution < 1.29 is 17.9 Å². The van der Waals surface area contributed by atoms with Crippen LogP contribution in [0, 0.1) is 0 Å². The van der Waals surface area contributed by atoms with Gasteiger partial charge in [-0.2, -0.15) is 0 Å². The molecule has 30 heavy (non-hydrogen) atoms. The van der Waals surface area contributed by atoms with Gasteiger partial charge in [-0.3, -0.25) is 4.79 Å². The van der Waals surface area contributed by atoms with Crippen LogP contribution in [0.25, 0.3) is 0 Å². The Hall–Kier alpha value is -1.80. The van der Waals surface area contributed by atoms with Gasteiger partial charge in [0.05, 0.1) is 16.0 Å². The Morgan fingerprint density at radius 1 is 1.13 bits per heavy atom. The minimum Gasteiger partial charge on any atom is -0.482 e. The fraction of sp³-hybridized carbons (Fsp3) is 0.381. The van der Waals surface area contributed by atoms with E-state index in [-0.39, 0.29) is 40.3 Å². The second-order valence-corrected chi connectivity index (χ2v) is 9.88. The Bertz CT molecular complexity index is 991. The van der Waals surface area contributed by atoms with Crippen LogP contribution in [-0.2, 0) is 14.8 Å². The molecule has 9 heteroatoms. The summed E-state index contributed by atoms with van der Waals surface area (Å²) < 4.78 is 33.2. The molecular weight excluding hydrogens is 447 g/mol. The van der Waals surface area contributed by atoms with E-state index in [4.69, 9.17) is 27.9 Å². The lowest BCUT2D eigenvalue weighted by molar-refractivity contribution is -0.123. The van der Waals surface area contributed by atoms with E-state index in [1.165, 1.54) is 18.2 Å².